The molecular formula is C16H18O2. The van der Waals surface area contributed by atoms with Crippen molar-refractivity contribution in [2.75, 3.05) is 0 Å². The third kappa shape index (κ3) is 2.61. The van der Waals surface area contributed by atoms with Crippen LogP contribution in [0.2, 0.25) is 0 Å². The third-order valence-electron chi connectivity index (χ3n) is 3.19. The molecule has 2 rings (SSSR count). The van der Waals surface area contributed by atoms with E-state index in [-0.39, 0.29) is 0 Å². The molecule has 94 valence electrons. The van der Waals surface area contributed by atoms with Gasteiger partial charge in [0.25, 0.3) is 0 Å². The van der Waals surface area contributed by atoms with Crippen LogP contribution in [0.3, 0.4) is 0 Å². The first-order chi connectivity index (χ1) is 8.74. The normalized spacial score (nSPS) is 14.2. The molecule has 0 aromatic heterocycles. The zero-order valence-corrected chi connectivity index (χ0v) is 10.5. The Morgan fingerprint density at radius 3 is 2.11 bits per heavy atom. The highest BCUT2D eigenvalue weighted by molar-refractivity contribution is 5.31. The molecule has 0 aliphatic carbocycles. The molecule has 0 aliphatic rings. The van der Waals surface area contributed by atoms with E-state index >= 15 is 0 Å². The van der Waals surface area contributed by atoms with Gasteiger partial charge in [-0.25, -0.2) is 0 Å². The van der Waals surface area contributed by atoms with Gasteiger partial charge in [-0.05, 0) is 23.1 Å². The van der Waals surface area contributed by atoms with Gasteiger partial charge in [0.1, 0.15) is 12.2 Å². The lowest BCUT2D eigenvalue weighted by atomic mass is 9.94. The molecule has 2 unspecified atom stereocenters. The number of aryl methyl sites for hydroxylation is 1. The number of aliphatic hydroxyl groups excluding tert-OH is 2. The molecule has 0 saturated heterocycles. The van der Waals surface area contributed by atoms with Gasteiger partial charge in [0.05, 0.1) is 0 Å². The minimum absolute atomic E-state index is 0.732. The molecule has 0 amide bonds. The van der Waals surface area contributed by atoms with Crippen LogP contribution in [-0.4, -0.2) is 10.2 Å². The van der Waals surface area contributed by atoms with Crippen molar-refractivity contribution in [2.24, 2.45) is 0 Å². The van der Waals surface area contributed by atoms with Crippen LogP contribution in [0, 0.1) is 0 Å². The Morgan fingerprint density at radius 2 is 1.44 bits per heavy atom. The highest BCUT2D eigenvalue weighted by Gasteiger charge is 2.21. The average molecular weight is 242 g/mol. The molecule has 0 bridgehead atoms. The minimum Gasteiger partial charge on any atom is -0.385 e. The second-order valence-electron chi connectivity index (χ2n) is 4.35. The number of hydrogen-bond donors (Lipinski definition) is 2. The fraction of sp³-hybridized carbons (Fsp3) is 0.250. The third-order valence-corrected chi connectivity index (χ3v) is 3.19. The number of rotatable bonds is 4. The fourth-order valence-corrected chi connectivity index (χ4v) is 2.15. The first kappa shape index (κ1) is 12.8. The maximum absolute atomic E-state index is 10.3. The summed E-state index contributed by atoms with van der Waals surface area (Å²) in [5.74, 6) is 0. The summed E-state index contributed by atoms with van der Waals surface area (Å²) in [6.07, 6.45) is -0.934. The average Bonchev–Trinajstić information content (AvgIpc) is 2.46. The molecule has 0 fully saturated rings. The van der Waals surface area contributed by atoms with E-state index in [1.165, 1.54) is 0 Å². The van der Waals surface area contributed by atoms with E-state index in [1.807, 2.05) is 61.5 Å². The van der Waals surface area contributed by atoms with Crippen LogP contribution in [0.15, 0.2) is 54.6 Å². The van der Waals surface area contributed by atoms with E-state index in [4.69, 9.17) is 0 Å². The standard InChI is InChI=1S/C16H18O2/c1-2-12-8-6-7-11-14(12)16(18)15(17)13-9-4-3-5-10-13/h3-11,15-18H,2H2,1H3. The lowest BCUT2D eigenvalue weighted by molar-refractivity contribution is 0.0167. The number of aliphatic hydroxyl groups is 2. The summed E-state index contributed by atoms with van der Waals surface area (Å²) >= 11 is 0. The molecule has 2 heteroatoms. The van der Waals surface area contributed by atoms with E-state index in [1.54, 1.807) is 0 Å². The van der Waals surface area contributed by atoms with E-state index in [0.29, 0.717) is 0 Å². The molecule has 2 aromatic carbocycles. The quantitative estimate of drug-likeness (QED) is 0.865. The second-order valence-corrected chi connectivity index (χ2v) is 4.35. The van der Waals surface area contributed by atoms with Crippen molar-refractivity contribution in [1.82, 2.24) is 0 Å². The van der Waals surface area contributed by atoms with Gasteiger partial charge in [-0.1, -0.05) is 61.5 Å². The zero-order valence-electron chi connectivity index (χ0n) is 10.5. The Morgan fingerprint density at radius 1 is 0.833 bits per heavy atom. The first-order valence-electron chi connectivity index (χ1n) is 6.23. The van der Waals surface area contributed by atoms with Crippen LogP contribution < -0.4 is 0 Å². The van der Waals surface area contributed by atoms with Gasteiger partial charge < -0.3 is 10.2 Å². The van der Waals surface area contributed by atoms with Crippen LogP contribution in [0.25, 0.3) is 0 Å². The Kier molecular flexibility index (Phi) is 4.13. The van der Waals surface area contributed by atoms with Crippen LogP contribution in [-0.2, 0) is 6.42 Å². The van der Waals surface area contributed by atoms with Crippen molar-refractivity contribution >= 4 is 0 Å². The lowest BCUT2D eigenvalue weighted by Crippen LogP contribution is -2.12. The van der Waals surface area contributed by atoms with E-state index in [0.717, 1.165) is 23.1 Å². The van der Waals surface area contributed by atoms with Gasteiger partial charge in [0.15, 0.2) is 0 Å². The molecule has 0 spiro atoms. The highest BCUT2D eigenvalue weighted by Crippen LogP contribution is 2.30. The summed E-state index contributed by atoms with van der Waals surface area (Å²) in [5, 5.41) is 20.5. The van der Waals surface area contributed by atoms with Crippen molar-refractivity contribution in [3.05, 3.63) is 71.3 Å². The summed E-state index contributed by atoms with van der Waals surface area (Å²) < 4.78 is 0. The van der Waals surface area contributed by atoms with Crippen LogP contribution in [0.5, 0.6) is 0 Å². The molecule has 0 heterocycles. The van der Waals surface area contributed by atoms with E-state index < -0.39 is 12.2 Å². The Balaban J connectivity index is 2.28. The number of hydrogen-bond acceptors (Lipinski definition) is 2. The summed E-state index contributed by atoms with van der Waals surface area (Å²) in [6.45, 7) is 2.04. The molecule has 2 aromatic rings. The molecule has 2 nitrogen and oxygen atoms in total. The molecular weight excluding hydrogens is 224 g/mol. The predicted octanol–water partition coefficient (Wildman–Crippen LogP) is 3.02. The zero-order chi connectivity index (χ0) is 13.0. The fourth-order valence-electron chi connectivity index (χ4n) is 2.15. The molecule has 0 radical (unpaired) electrons. The molecule has 0 saturated carbocycles. The predicted molar refractivity (Wildman–Crippen MR) is 72.2 cm³/mol. The van der Waals surface area contributed by atoms with Crippen molar-refractivity contribution in [3.63, 3.8) is 0 Å². The van der Waals surface area contributed by atoms with Crippen molar-refractivity contribution in [3.8, 4) is 0 Å². The van der Waals surface area contributed by atoms with Gasteiger partial charge in [-0.2, -0.15) is 0 Å². The Hall–Kier alpha value is -1.64. The molecule has 2 N–H and O–H groups in total. The van der Waals surface area contributed by atoms with Gasteiger partial charge in [-0.3, -0.25) is 0 Å². The van der Waals surface area contributed by atoms with Gasteiger partial charge in [-0.15, -0.1) is 0 Å². The lowest BCUT2D eigenvalue weighted by Gasteiger charge is -2.20. The second kappa shape index (κ2) is 5.80. The molecule has 0 aliphatic heterocycles. The van der Waals surface area contributed by atoms with Crippen LogP contribution in [0.4, 0.5) is 0 Å². The topological polar surface area (TPSA) is 40.5 Å². The molecule has 18 heavy (non-hydrogen) atoms. The van der Waals surface area contributed by atoms with Gasteiger partial charge >= 0.3 is 0 Å². The van der Waals surface area contributed by atoms with Crippen LogP contribution in [0.1, 0.15) is 35.8 Å². The smallest absolute Gasteiger partial charge is 0.109 e. The van der Waals surface area contributed by atoms with E-state index in [2.05, 4.69) is 0 Å². The SMILES string of the molecule is CCc1ccccc1C(O)C(O)c1ccccc1. The summed E-state index contributed by atoms with van der Waals surface area (Å²) in [5.41, 5.74) is 2.60. The maximum atomic E-state index is 10.3. The summed E-state index contributed by atoms with van der Waals surface area (Å²) in [7, 11) is 0. The van der Waals surface area contributed by atoms with Gasteiger partial charge in [0, 0.05) is 0 Å². The summed E-state index contributed by atoms with van der Waals surface area (Å²) in [6, 6.07) is 16.9. The Labute approximate surface area is 108 Å². The number of benzene rings is 2. The largest absolute Gasteiger partial charge is 0.385 e. The Bertz CT molecular complexity index is 493. The molecule has 2 atom stereocenters. The first-order valence-corrected chi connectivity index (χ1v) is 6.23. The summed E-state index contributed by atoms with van der Waals surface area (Å²) in [4.78, 5) is 0. The van der Waals surface area contributed by atoms with Crippen LogP contribution >= 0.6 is 0 Å². The van der Waals surface area contributed by atoms with Crippen molar-refractivity contribution in [2.45, 2.75) is 25.6 Å². The monoisotopic (exact) mass is 242 g/mol. The van der Waals surface area contributed by atoms with E-state index in [9.17, 15) is 10.2 Å². The highest BCUT2D eigenvalue weighted by atomic mass is 16.3. The van der Waals surface area contributed by atoms with Gasteiger partial charge in [0.2, 0.25) is 0 Å². The maximum Gasteiger partial charge on any atom is 0.109 e. The van der Waals surface area contributed by atoms with Crippen molar-refractivity contribution < 1.29 is 10.2 Å². The van der Waals surface area contributed by atoms with Crippen molar-refractivity contribution in [1.29, 1.82) is 0 Å². The minimum atomic E-state index is -0.890.